The first-order chi connectivity index (χ1) is 7.04. The van der Waals surface area contributed by atoms with Crippen molar-refractivity contribution in [3.05, 3.63) is 23.4 Å². The summed E-state index contributed by atoms with van der Waals surface area (Å²) in [7, 11) is 2.08. The highest BCUT2D eigenvalue weighted by Crippen LogP contribution is 2.17. The summed E-state index contributed by atoms with van der Waals surface area (Å²) in [6.45, 7) is 8.08. The van der Waals surface area contributed by atoms with Gasteiger partial charge in [0.15, 0.2) is 0 Å². The SMILES string of the molecule is Cc1cc(CN)cnc1N(C)CC(C)C. The Hall–Kier alpha value is -1.09. The predicted molar refractivity (Wildman–Crippen MR) is 65.0 cm³/mol. The molecule has 1 rings (SSSR count). The first kappa shape index (κ1) is 12.0. The van der Waals surface area contributed by atoms with E-state index in [9.17, 15) is 0 Å². The van der Waals surface area contributed by atoms with Gasteiger partial charge in [-0.1, -0.05) is 13.8 Å². The van der Waals surface area contributed by atoms with Crippen molar-refractivity contribution in [2.45, 2.75) is 27.3 Å². The molecule has 0 bridgehead atoms. The molecule has 1 heterocycles. The fourth-order valence-electron chi connectivity index (χ4n) is 1.77. The third kappa shape index (κ3) is 3.20. The number of nitrogens with two attached hydrogens (primary N) is 1. The average molecular weight is 207 g/mol. The van der Waals surface area contributed by atoms with E-state index >= 15 is 0 Å². The molecular weight excluding hydrogens is 186 g/mol. The highest BCUT2D eigenvalue weighted by Gasteiger charge is 2.08. The molecule has 0 aliphatic carbocycles. The van der Waals surface area contributed by atoms with Crippen LogP contribution in [0.15, 0.2) is 12.3 Å². The lowest BCUT2D eigenvalue weighted by atomic mass is 10.1. The topological polar surface area (TPSA) is 42.1 Å². The molecule has 1 aromatic rings. The fraction of sp³-hybridized carbons (Fsp3) is 0.583. The molecule has 0 atom stereocenters. The Morgan fingerprint density at radius 2 is 2.13 bits per heavy atom. The van der Waals surface area contributed by atoms with Gasteiger partial charge in [0, 0.05) is 26.3 Å². The normalized spacial score (nSPS) is 10.8. The third-order valence-corrected chi connectivity index (χ3v) is 2.34. The van der Waals surface area contributed by atoms with Gasteiger partial charge in [0.2, 0.25) is 0 Å². The molecule has 0 saturated heterocycles. The Labute approximate surface area is 92.3 Å². The van der Waals surface area contributed by atoms with Gasteiger partial charge < -0.3 is 10.6 Å². The van der Waals surface area contributed by atoms with Crippen molar-refractivity contribution in [1.82, 2.24) is 4.98 Å². The van der Waals surface area contributed by atoms with E-state index in [4.69, 9.17) is 5.73 Å². The van der Waals surface area contributed by atoms with E-state index in [1.54, 1.807) is 0 Å². The van der Waals surface area contributed by atoms with E-state index in [1.807, 2.05) is 6.20 Å². The number of rotatable bonds is 4. The van der Waals surface area contributed by atoms with Crippen LogP contribution in [0.3, 0.4) is 0 Å². The van der Waals surface area contributed by atoms with Gasteiger partial charge in [-0.25, -0.2) is 4.98 Å². The van der Waals surface area contributed by atoms with Gasteiger partial charge in [-0.2, -0.15) is 0 Å². The Balaban J connectivity index is 2.85. The van der Waals surface area contributed by atoms with Gasteiger partial charge in [0.1, 0.15) is 5.82 Å². The third-order valence-electron chi connectivity index (χ3n) is 2.34. The Morgan fingerprint density at radius 3 is 2.60 bits per heavy atom. The van der Waals surface area contributed by atoms with Crippen molar-refractivity contribution in [3.63, 3.8) is 0 Å². The van der Waals surface area contributed by atoms with Crippen molar-refractivity contribution in [3.8, 4) is 0 Å². The van der Waals surface area contributed by atoms with Gasteiger partial charge in [0.25, 0.3) is 0 Å². The molecule has 3 heteroatoms. The summed E-state index contributed by atoms with van der Waals surface area (Å²) in [5.74, 6) is 1.70. The molecule has 15 heavy (non-hydrogen) atoms. The predicted octanol–water partition coefficient (Wildman–Crippen LogP) is 1.94. The number of anilines is 1. The van der Waals surface area contributed by atoms with E-state index in [-0.39, 0.29) is 0 Å². The minimum atomic E-state index is 0.558. The first-order valence-electron chi connectivity index (χ1n) is 5.41. The summed E-state index contributed by atoms with van der Waals surface area (Å²) in [4.78, 5) is 6.64. The molecule has 0 radical (unpaired) electrons. The molecule has 84 valence electrons. The number of hydrogen-bond acceptors (Lipinski definition) is 3. The molecule has 0 aliphatic rings. The number of nitrogens with zero attached hydrogens (tertiary/aromatic N) is 2. The van der Waals surface area contributed by atoms with Crippen molar-refractivity contribution in [2.24, 2.45) is 11.7 Å². The van der Waals surface area contributed by atoms with Gasteiger partial charge in [0.05, 0.1) is 0 Å². The highest BCUT2D eigenvalue weighted by atomic mass is 15.2. The largest absolute Gasteiger partial charge is 0.359 e. The second-order valence-corrected chi connectivity index (χ2v) is 4.46. The van der Waals surface area contributed by atoms with E-state index in [1.165, 1.54) is 5.56 Å². The highest BCUT2D eigenvalue weighted by molar-refractivity contribution is 5.46. The Morgan fingerprint density at radius 1 is 1.47 bits per heavy atom. The van der Waals surface area contributed by atoms with Crippen molar-refractivity contribution >= 4 is 5.82 Å². The number of pyridine rings is 1. The lowest BCUT2D eigenvalue weighted by molar-refractivity contribution is 0.633. The van der Waals surface area contributed by atoms with Gasteiger partial charge >= 0.3 is 0 Å². The molecule has 0 amide bonds. The first-order valence-corrected chi connectivity index (χ1v) is 5.41. The van der Waals surface area contributed by atoms with Gasteiger partial charge in [-0.3, -0.25) is 0 Å². The minimum Gasteiger partial charge on any atom is -0.359 e. The van der Waals surface area contributed by atoms with Crippen LogP contribution in [-0.4, -0.2) is 18.6 Å². The Kier molecular flexibility index (Phi) is 4.09. The minimum absolute atomic E-state index is 0.558. The molecule has 0 aromatic carbocycles. The van der Waals surface area contributed by atoms with Crippen LogP contribution in [0, 0.1) is 12.8 Å². The second-order valence-electron chi connectivity index (χ2n) is 4.46. The van der Waals surface area contributed by atoms with Crippen LogP contribution < -0.4 is 10.6 Å². The monoisotopic (exact) mass is 207 g/mol. The molecule has 0 saturated carbocycles. The van der Waals surface area contributed by atoms with Crippen molar-refractivity contribution < 1.29 is 0 Å². The molecule has 0 spiro atoms. The lowest BCUT2D eigenvalue weighted by Gasteiger charge is -2.22. The molecule has 0 fully saturated rings. The van der Waals surface area contributed by atoms with Crippen LogP contribution >= 0.6 is 0 Å². The number of aromatic nitrogens is 1. The van der Waals surface area contributed by atoms with Crippen LogP contribution in [0.1, 0.15) is 25.0 Å². The zero-order chi connectivity index (χ0) is 11.4. The summed E-state index contributed by atoms with van der Waals surface area (Å²) in [6.07, 6.45) is 1.86. The summed E-state index contributed by atoms with van der Waals surface area (Å²) in [5, 5.41) is 0. The van der Waals surface area contributed by atoms with Gasteiger partial charge in [-0.15, -0.1) is 0 Å². The maximum Gasteiger partial charge on any atom is 0.131 e. The van der Waals surface area contributed by atoms with Crippen molar-refractivity contribution in [2.75, 3.05) is 18.5 Å². The molecule has 1 aromatic heterocycles. The molecular formula is C12H21N3. The fourth-order valence-corrected chi connectivity index (χ4v) is 1.77. The van der Waals surface area contributed by atoms with E-state index in [0.29, 0.717) is 12.5 Å². The quantitative estimate of drug-likeness (QED) is 0.820. The van der Waals surface area contributed by atoms with E-state index in [0.717, 1.165) is 17.9 Å². The molecule has 2 N–H and O–H groups in total. The smallest absolute Gasteiger partial charge is 0.131 e. The molecule has 0 aliphatic heterocycles. The maximum atomic E-state index is 5.57. The summed E-state index contributed by atoms with van der Waals surface area (Å²) in [6, 6.07) is 2.11. The second kappa shape index (κ2) is 5.12. The van der Waals surface area contributed by atoms with Crippen LogP contribution in [0.4, 0.5) is 5.82 Å². The van der Waals surface area contributed by atoms with E-state index in [2.05, 4.69) is 43.8 Å². The van der Waals surface area contributed by atoms with Gasteiger partial charge in [-0.05, 0) is 30.0 Å². The van der Waals surface area contributed by atoms with E-state index < -0.39 is 0 Å². The zero-order valence-electron chi connectivity index (χ0n) is 10.1. The van der Waals surface area contributed by atoms with Crippen LogP contribution in [0.2, 0.25) is 0 Å². The van der Waals surface area contributed by atoms with Crippen LogP contribution in [0.5, 0.6) is 0 Å². The van der Waals surface area contributed by atoms with Crippen molar-refractivity contribution in [1.29, 1.82) is 0 Å². The number of hydrogen-bond donors (Lipinski definition) is 1. The number of aryl methyl sites for hydroxylation is 1. The standard InChI is InChI=1S/C12H21N3/c1-9(2)8-15(4)12-10(3)5-11(6-13)7-14-12/h5,7,9H,6,8,13H2,1-4H3. The maximum absolute atomic E-state index is 5.57. The zero-order valence-corrected chi connectivity index (χ0v) is 10.1. The average Bonchev–Trinajstić information content (AvgIpc) is 2.16. The summed E-state index contributed by atoms with van der Waals surface area (Å²) in [5.41, 5.74) is 7.86. The lowest BCUT2D eigenvalue weighted by Crippen LogP contribution is -2.24. The molecule has 3 nitrogen and oxygen atoms in total. The summed E-state index contributed by atoms with van der Waals surface area (Å²) < 4.78 is 0. The van der Waals surface area contributed by atoms with Crippen LogP contribution in [0.25, 0.3) is 0 Å². The van der Waals surface area contributed by atoms with Crippen LogP contribution in [-0.2, 0) is 6.54 Å². The molecule has 0 unspecified atom stereocenters. The Bertz CT molecular complexity index is 321. The summed E-state index contributed by atoms with van der Waals surface area (Å²) >= 11 is 0.